The molecule has 0 aliphatic heterocycles. The van der Waals surface area contributed by atoms with E-state index >= 15 is 0 Å². The minimum absolute atomic E-state index is 0.110. The fourth-order valence-electron chi connectivity index (χ4n) is 2.28. The van der Waals surface area contributed by atoms with Crippen LogP contribution in [0.15, 0.2) is 36.5 Å². The summed E-state index contributed by atoms with van der Waals surface area (Å²) in [7, 11) is 1.82. The Morgan fingerprint density at radius 2 is 2.00 bits per heavy atom. The van der Waals surface area contributed by atoms with Gasteiger partial charge in [0.05, 0.1) is 0 Å². The molecule has 0 saturated heterocycles. The van der Waals surface area contributed by atoms with Gasteiger partial charge in [0.1, 0.15) is 5.69 Å². The SMILES string of the molecule is Cc1cc(C(=O)NO)ccc1CCNC(=O)c1cccn1C. The summed E-state index contributed by atoms with van der Waals surface area (Å²) < 4.78 is 1.77. The van der Waals surface area contributed by atoms with Gasteiger partial charge in [0.2, 0.25) is 0 Å². The molecule has 0 spiro atoms. The van der Waals surface area contributed by atoms with Crippen LogP contribution >= 0.6 is 0 Å². The van der Waals surface area contributed by atoms with Gasteiger partial charge >= 0.3 is 0 Å². The third-order valence-corrected chi connectivity index (χ3v) is 3.56. The molecule has 0 aliphatic rings. The number of rotatable bonds is 5. The first-order chi connectivity index (χ1) is 10.5. The van der Waals surface area contributed by atoms with Crippen LogP contribution in [-0.4, -0.2) is 28.1 Å². The van der Waals surface area contributed by atoms with Gasteiger partial charge in [-0.15, -0.1) is 0 Å². The van der Waals surface area contributed by atoms with Crippen molar-refractivity contribution in [2.75, 3.05) is 6.54 Å². The molecular weight excluding hydrogens is 282 g/mol. The Morgan fingerprint density at radius 1 is 1.23 bits per heavy atom. The van der Waals surface area contributed by atoms with Crippen molar-refractivity contribution in [3.63, 3.8) is 0 Å². The fourth-order valence-corrected chi connectivity index (χ4v) is 2.28. The minimum atomic E-state index is -0.535. The van der Waals surface area contributed by atoms with Gasteiger partial charge in [-0.1, -0.05) is 6.07 Å². The van der Waals surface area contributed by atoms with Gasteiger partial charge in [0.15, 0.2) is 0 Å². The van der Waals surface area contributed by atoms with Gasteiger partial charge in [-0.25, -0.2) is 5.48 Å². The molecule has 1 heterocycles. The molecule has 0 saturated carbocycles. The molecule has 0 atom stereocenters. The molecule has 6 heteroatoms. The first kappa shape index (κ1) is 15.8. The summed E-state index contributed by atoms with van der Waals surface area (Å²) in [6, 6.07) is 8.77. The zero-order valence-corrected chi connectivity index (χ0v) is 12.6. The minimum Gasteiger partial charge on any atom is -0.350 e. The first-order valence-electron chi connectivity index (χ1n) is 6.96. The number of aryl methyl sites for hydroxylation is 2. The maximum atomic E-state index is 12.0. The summed E-state index contributed by atoms with van der Waals surface area (Å²) in [5.41, 5.74) is 4.61. The monoisotopic (exact) mass is 301 g/mol. The molecule has 116 valence electrons. The highest BCUT2D eigenvalue weighted by Crippen LogP contribution is 2.11. The number of hydroxylamine groups is 1. The Bertz CT molecular complexity index is 692. The second-order valence-electron chi connectivity index (χ2n) is 5.09. The van der Waals surface area contributed by atoms with Crippen molar-refractivity contribution in [1.82, 2.24) is 15.4 Å². The number of carbonyl (C=O) groups is 2. The summed E-state index contributed by atoms with van der Waals surface area (Å²) in [4.78, 5) is 23.3. The smallest absolute Gasteiger partial charge is 0.274 e. The van der Waals surface area contributed by atoms with E-state index in [0.29, 0.717) is 24.2 Å². The molecule has 2 rings (SSSR count). The van der Waals surface area contributed by atoms with Crippen LogP contribution in [0.3, 0.4) is 0 Å². The van der Waals surface area contributed by atoms with Crippen LogP contribution in [0.5, 0.6) is 0 Å². The molecular formula is C16H19N3O3. The normalized spacial score (nSPS) is 10.3. The van der Waals surface area contributed by atoms with Crippen molar-refractivity contribution in [3.05, 3.63) is 58.9 Å². The maximum absolute atomic E-state index is 12.0. The first-order valence-corrected chi connectivity index (χ1v) is 6.96. The van der Waals surface area contributed by atoms with E-state index in [0.717, 1.165) is 11.1 Å². The Hall–Kier alpha value is -2.60. The van der Waals surface area contributed by atoms with Crippen LogP contribution in [-0.2, 0) is 13.5 Å². The highest BCUT2D eigenvalue weighted by atomic mass is 16.5. The van der Waals surface area contributed by atoms with Crippen LogP contribution in [0.2, 0.25) is 0 Å². The number of carbonyl (C=O) groups excluding carboxylic acids is 2. The number of aromatic nitrogens is 1. The van der Waals surface area contributed by atoms with E-state index in [-0.39, 0.29) is 5.91 Å². The van der Waals surface area contributed by atoms with E-state index in [1.54, 1.807) is 28.2 Å². The van der Waals surface area contributed by atoms with Crippen LogP contribution in [0, 0.1) is 6.92 Å². The zero-order chi connectivity index (χ0) is 16.1. The summed E-state index contributed by atoms with van der Waals surface area (Å²) in [5.74, 6) is -0.645. The summed E-state index contributed by atoms with van der Waals surface area (Å²) in [5, 5.41) is 11.5. The van der Waals surface area contributed by atoms with Crippen LogP contribution < -0.4 is 10.8 Å². The third-order valence-electron chi connectivity index (χ3n) is 3.56. The molecule has 1 aromatic heterocycles. The second-order valence-corrected chi connectivity index (χ2v) is 5.09. The number of nitrogens with zero attached hydrogens (tertiary/aromatic N) is 1. The van der Waals surface area contributed by atoms with Crippen LogP contribution in [0.4, 0.5) is 0 Å². The maximum Gasteiger partial charge on any atom is 0.274 e. The summed E-state index contributed by atoms with van der Waals surface area (Å²) in [6.45, 7) is 2.40. The molecule has 2 amide bonds. The Kier molecular flexibility index (Phi) is 4.95. The lowest BCUT2D eigenvalue weighted by molar-refractivity contribution is 0.0706. The van der Waals surface area contributed by atoms with Crippen molar-refractivity contribution in [1.29, 1.82) is 0 Å². The van der Waals surface area contributed by atoms with Gasteiger partial charge in [0, 0.05) is 25.4 Å². The molecule has 2 aromatic rings. The standard InChI is InChI=1S/C16H19N3O3/c1-11-10-13(15(20)18-22)6-5-12(11)7-8-17-16(21)14-4-3-9-19(14)2/h3-6,9-10,22H,7-8H2,1-2H3,(H,17,21)(H,18,20). The number of benzene rings is 1. The number of hydrogen-bond donors (Lipinski definition) is 3. The quantitative estimate of drug-likeness (QED) is 0.577. The van der Waals surface area contributed by atoms with Gasteiger partial charge in [-0.3, -0.25) is 14.8 Å². The lowest BCUT2D eigenvalue weighted by Crippen LogP contribution is -2.27. The molecule has 0 radical (unpaired) electrons. The number of nitrogens with one attached hydrogen (secondary N) is 2. The highest BCUT2D eigenvalue weighted by molar-refractivity contribution is 5.93. The zero-order valence-electron chi connectivity index (χ0n) is 12.6. The van der Waals surface area contributed by atoms with Crippen molar-refractivity contribution in [2.24, 2.45) is 7.05 Å². The van der Waals surface area contributed by atoms with Gasteiger partial charge in [-0.05, 0) is 48.7 Å². The molecule has 3 N–H and O–H groups in total. The molecule has 0 aliphatic carbocycles. The second kappa shape index (κ2) is 6.91. The third kappa shape index (κ3) is 3.53. The average molecular weight is 301 g/mol. The predicted octanol–water partition coefficient (Wildman–Crippen LogP) is 1.43. The molecule has 0 fully saturated rings. The van der Waals surface area contributed by atoms with E-state index in [9.17, 15) is 9.59 Å². The van der Waals surface area contributed by atoms with Crippen molar-refractivity contribution < 1.29 is 14.8 Å². The summed E-state index contributed by atoms with van der Waals surface area (Å²) >= 11 is 0. The lowest BCUT2D eigenvalue weighted by Gasteiger charge is -2.09. The van der Waals surface area contributed by atoms with E-state index in [2.05, 4.69) is 5.32 Å². The highest BCUT2D eigenvalue weighted by Gasteiger charge is 2.09. The summed E-state index contributed by atoms with van der Waals surface area (Å²) in [6.07, 6.45) is 2.49. The van der Waals surface area contributed by atoms with E-state index in [1.165, 1.54) is 0 Å². The number of hydrogen-bond acceptors (Lipinski definition) is 3. The topological polar surface area (TPSA) is 83.4 Å². The molecule has 6 nitrogen and oxygen atoms in total. The van der Waals surface area contributed by atoms with Crippen LogP contribution in [0.25, 0.3) is 0 Å². The lowest BCUT2D eigenvalue weighted by atomic mass is 10.0. The van der Waals surface area contributed by atoms with E-state index < -0.39 is 5.91 Å². The van der Waals surface area contributed by atoms with Gasteiger partial charge in [0.25, 0.3) is 11.8 Å². The van der Waals surface area contributed by atoms with Crippen LogP contribution in [0.1, 0.15) is 32.0 Å². The molecule has 1 aromatic carbocycles. The fraction of sp³-hybridized carbons (Fsp3) is 0.250. The Labute approximate surface area is 128 Å². The van der Waals surface area contributed by atoms with Crippen molar-refractivity contribution in [2.45, 2.75) is 13.3 Å². The van der Waals surface area contributed by atoms with Crippen molar-refractivity contribution in [3.8, 4) is 0 Å². The molecule has 0 bridgehead atoms. The van der Waals surface area contributed by atoms with E-state index in [1.807, 2.05) is 32.3 Å². The Morgan fingerprint density at radius 3 is 2.59 bits per heavy atom. The molecule has 22 heavy (non-hydrogen) atoms. The average Bonchev–Trinajstić information content (AvgIpc) is 2.94. The van der Waals surface area contributed by atoms with Gasteiger partial charge in [-0.2, -0.15) is 0 Å². The number of amides is 2. The largest absolute Gasteiger partial charge is 0.350 e. The van der Waals surface area contributed by atoms with Crippen molar-refractivity contribution >= 4 is 11.8 Å². The van der Waals surface area contributed by atoms with Gasteiger partial charge < -0.3 is 9.88 Å². The molecule has 0 unspecified atom stereocenters. The van der Waals surface area contributed by atoms with E-state index in [4.69, 9.17) is 5.21 Å². The Balaban J connectivity index is 1.93. The predicted molar refractivity (Wildman–Crippen MR) is 81.9 cm³/mol.